The van der Waals surface area contributed by atoms with E-state index in [0.717, 1.165) is 22.9 Å². The van der Waals surface area contributed by atoms with Gasteiger partial charge >= 0.3 is 5.97 Å². The van der Waals surface area contributed by atoms with Crippen molar-refractivity contribution >= 4 is 28.5 Å². The summed E-state index contributed by atoms with van der Waals surface area (Å²) in [7, 11) is 0. The number of carboxylic acids is 1. The molecule has 2 rings (SSSR count). The summed E-state index contributed by atoms with van der Waals surface area (Å²) in [5.41, 5.74) is 2.14. The third kappa shape index (κ3) is 2.36. The Morgan fingerprint density at radius 2 is 2.25 bits per heavy atom. The average molecular weight is 238 g/mol. The number of rotatable bonds is 4. The van der Waals surface area contributed by atoms with E-state index in [9.17, 15) is 4.79 Å². The lowest BCUT2D eigenvalue weighted by Gasteiger charge is -1.97. The number of aryl methyl sites for hydroxylation is 1. The van der Waals surface area contributed by atoms with Crippen molar-refractivity contribution in [3.05, 3.63) is 35.0 Å². The highest BCUT2D eigenvalue weighted by atomic mass is 35.5. The number of aromatic nitrogens is 1. The Balaban J connectivity index is 2.15. The van der Waals surface area contributed by atoms with Crippen LogP contribution in [-0.2, 0) is 11.2 Å². The third-order valence-corrected chi connectivity index (χ3v) is 2.80. The molecule has 0 aliphatic heterocycles. The molecule has 16 heavy (non-hydrogen) atoms. The summed E-state index contributed by atoms with van der Waals surface area (Å²) in [4.78, 5) is 13.5. The number of carboxylic acid groups (broad SMARTS) is 1. The van der Waals surface area contributed by atoms with Crippen LogP contribution in [0.1, 0.15) is 18.4 Å². The topological polar surface area (TPSA) is 53.1 Å². The molecule has 84 valence electrons. The summed E-state index contributed by atoms with van der Waals surface area (Å²) in [6.45, 7) is 0. The normalized spacial score (nSPS) is 10.8. The molecule has 0 bridgehead atoms. The molecule has 0 aliphatic rings. The van der Waals surface area contributed by atoms with Gasteiger partial charge in [-0.05, 0) is 30.5 Å². The van der Waals surface area contributed by atoms with Gasteiger partial charge in [0, 0.05) is 28.5 Å². The van der Waals surface area contributed by atoms with E-state index in [1.165, 1.54) is 0 Å². The van der Waals surface area contributed by atoms with Crippen LogP contribution < -0.4 is 0 Å². The molecule has 4 heteroatoms. The van der Waals surface area contributed by atoms with Gasteiger partial charge in [0.15, 0.2) is 0 Å². The van der Waals surface area contributed by atoms with Crippen LogP contribution in [0.5, 0.6) is 0 Å². The largest absolute Gasteiger partial charge is 0.481 e. The minimum Gasteiger partial charge on any atom is -0.481 e. The van der Waals surface area contributed by atoms with Crippen molar-refractivity contribution in [3.8, 4) is 0 Å². The van der Waals surface area contributed by atoms with Crippen molar-refractivity contribution in [3.63, 3.8) is 0 Å². The fourth-order valence-electron chi connectivity index (χ4n) is 1.80. The standard InChI is InChI=1S/C12H12ClNO2/c13-9-4-5-10-8(2-1-3-12(15)16)7-14-11(10)6-9/h4-7,14H,1-3H2,(H,15,16). The number of carbonyl (C=O) groups is 1. The van der Waals surface area contributed by atoms with E-state index in [1.807, 2.05) is 24.4 Å². The minimum absolute atomic E-state index is 0.209. The van der Waals surface area contributed by atoms with Gasteiger partial charge in [0.2, 0.25) is 0 Å². The van der Waals surface area contributed by atoms with Crippen molar-refractivity contribution in [1.29, 1.82) is 0 Å². The molecule has 0 radical (unpaired) electrons. The zero-order valence-electron chi connectivity index (χ0n) is 8.66. The molecule has 0 spiro atoms. The van der Waals surface area contributed by atoms with E-state index < -0.39 is 5.97 Å². The lowest BCUT2D eigenvalue weighted by molar-refractivity contribution is -0.137. The molecule has 0 unspecified atom stereocenters. The molecule has 0 fully saturated rings. The summed E-state index contributed by atoms with van der Waals surface area (Å²) in [5.74, 6) is -0.747. The summed E-state index contributed by atoms with van der Waals surface area (Å²) >= 11 is 5.88. The molecule has 0 aliphatic carbocycles. The lowest BCUT2D eigenvalue weighted by Crippen LogP contribution is -1.95. The van der Waals surface area contributed by atoms with Crippen LogP contribution in [0.2, 0.25) is 5.02 Å². The average Bonchev–Trinajstić information content (AvgIpc) is 2.60. The van der Waals surface area contributed by atoms with E-state index in [4.69, 9.17) is 16.7 Å². The van der Waals surface area contributed by atoms with Crippen LogP contribution in [0.4, 0.5) is 0 Å². The summed E-state index contributed by atoms with van der Waals surface area (Å²) in [6.07, 6.45) is 3.56. The minimum atomic E-state index is -0.747. The van der Waals surface area contributed by atoms with Gasteiger partial charge in [-0.1, -0.05) is 17.7 Å². The molecule has 2 aromatic rings. The van der Waals surface area contributed by atoms with E-state index in [2.05, 4.69) is 4.98 Å². The van der Waals surface area contributed by atoms with Crippen LogP contribution in [-0.4, -0.2) is 16.1 Å². The van der Waals surface area contributed by atoms with Crippen molar-refractivity contribution in [1.82, 2.24) is 4.98 Å². The summed E-state index contributed by atoms with van der Waals surface area (Å²) < 4.78 is 0. The van der Waals surface area contributed by atoms with Gasteiger partial charge in [0.25, 0.3) is 0 Å². The SMILES string of the molecule is O=C(O)CCCc1c[nH]c2cc(Cl)ccc12. The van der Waals surface area contributed by atoms with Crippen molar-refractivity contribution in [2.45, 2.75) is 19.3 Å². The van der Waals surface area contributed by atoms with Gasteiger partial charge in [-0.2, -0.15) is 0 Å². The highest BCUT2D eigenvalue weighted by Gasteiger charge is 2.05. The first-order valence-electron chi connectivity index (χ1n) is 5.14. The van der Waals surface area contributed by atoms with Gasteiger partial charge in [-0.25, -0.2) is 0 Å². The second-order valence-electron chi connectivity index (χ2n) is 3.75. The zero-order chi connectivity index (χ0) is 11.5. The second kappa shape index (κ2) is 4.58. The van der Waals surface area contributed by atoms with Crippen molar-refractivity contribution < 1.29 is 9.90 Å². The van der Waals surface area contributed by atoms with Gasteiger partial charge in [0.1, 0.15) is 0 Å². The Hall–Kier alpha value is -1.48. The maximum absolute atomic E-state index is 10.4. The number of benzene rings is 1. The number of fused-ring (bicyclic) bond motifs is 1. The Morgan fingerprint density at radius 1 is 1.44 bits per heavy atom. The fourth-order valence-corrected chi connectivity index (χ4v) is 1.97. The Bertz CT molecular complexity index is 519. The van der Waals surface area contributed by atoms with E-state index in [-0.39, 0.29) is 6.42 Å². The molecule has 0 amide bonds. The smallest absolute Gasteiger partial charge is 0.303 e. The van der Waals surface area contributed by atoms with E-state index in [1.54, 1.807) is 0 Å². The molecule has 3 nitrogen and oxygen atoms in total. The molecule has 1 aromatic heterocycles. The molecule has 2 N–H and O–H groups in total. The highest BCUT2D eigenvalue weighted by Crippen LogP contribution is 2.23. The fraction of sp³-hybridized carbons (Fsp3) is 0.250. The molecule has 1 heterocycles. The van der Waals surface area contributed by atoms with E-state index in [0.29, 0.717) is 11.4 Å². The van der Waals surface area contributed by atoms with Crippen molar-refractivity contribution in [2.24, 2.45) is 0 Å². The van der Waals surface area contributed by atoms with Crippen molar-refractivity contribution in [2.75, 3.05) is 0 Å². The maximum atomic E-state index is 10.4. The first kappa shape index (κ1) is 11.0. The quantitative estimate of drug-likeness (QED) is 0.858. The first-order chi connectivity index (χ1) is 7.66. The second-order valence-corrected chi connectivity index (χ2v) is 4.19. The van der Waals surface area contributed by atoms with Gasteiger partial charge in [-0.3, -0.25) is 4.79 Å². The number of halogens is 1. The number of aliphatic carboxylic acids is 1. The predicted molar refractivity (Wildman–Crippen MR) is 63.9 cm³/mol. The summed E-state index contributed by atoms with van der Waals surface area (Å²) in [6, 6.07) is 5.68. The highest BCUT2D eigenvalue weighted by molar-refractivity contribution is 6.31. The molecule has 0 saturated carbocycles. The monoisotopic (exact) mass is 237 g/mol. The predicted octanol–water partition coefficient (Wildman–Crippen LogP) is 3.23. The van der Waals surface area contributed by atoms with Crippen LogP contribution in [0.3, 0.4) is 0 Å². The Labute approximate surface area is 98.0 Å². The number of hydrogen-bond acceptors (Lipinski definition) is 1. The van der Waals surface area contributed by atoms with Gasteiger partial charge in [-0.15, -0.1) is 0 Å². The maximum Gasteiger partial charge on any atom is 0.303 e. The zero-order valence-corrected chi connectivity index (χ0v) is 9.42. The van der Waals surface area contributed by atoms with Crippen LogP contribution in [0.25, 0.3) is 10.9 Å². The van der Waals surface area contributed by atoms with Crippen LogP contribution in [0.15, 0.2) is 24.4 Å². The molecule has 0 atom stereocenters. The number of aromatic amines is 1. The number of H-pyrrole nitrogens is 1. The molecule has 1 aromatic carbocycles. The van der Waals surface area contributed by atoms with Crippen LogP contribution in [0, 0.1) is 0 Å². The number of hydrogen-bond donors (Lipinski definition) is 2. The third-order valence-electron chi connectivity index (χ3n) is 2.57. The molecular weight excluding hydrogens is 226 g/mol. The molecule has 0 saturated heterocycles. The van der Waals surface area contributed by atoms with E-state index >= 15 is 0 Å². The molecular formula is C12H12ClNO2. The Morgan fingerprint density at radius 3 is 3.00 bits per heavy atom. The van der Waals surface area contributed by atoms with Gasteiger partial charge in [0.05, 0.1) is 0 Å². The summed E-state index contributed by atoms with van der Waals surface area (Å²) in [5, 5.41) is 10.4. The Kier molecular flexibility index (Phi) is 3.15. The van der Waals surface area contributed by atoms with Crippen LogP contribution >= 0.6 is 11.6 Å². The lowest BCUT2D eigenvalue weighted by atomic mass is 10.1. The van der Waals surface area contributed by atoms with Gasteiger partial charge < -0.3 is 10.1 Å². The first-order valence-corrected chi connectivity index (χ1v) is 5.52. The number of nitrogens with one attached hydrogen (secondary N) is 1.